The van der Waals surface area contributed by atoms with Gasteiger partial charge in [0.2, 0.25) is 0 Å². The Labute approximate surface area is 205 Å². The Morgan fingerprint density at radius 1 is 1.27 bits per heavy atom. The molecule has 0 bridgehead atoms. The van der Waals surface area contributed by atoms with Crippen molar-refractivity contribution in [1.29, 1.82) is 0 Å². The first-order valence-corrected chi connectivity index (χ1v) is 12.1. The molecular weight excluding hydrogens is 482 g/mol. The van der Waals surface area contributed by atoms with Gasteiger partial charge < -0.3 is 14.5 Å². The Morgan fingerprint density at radius 3 is 2.64 bits per heavy atom. The molecule has 1 saturated heterocycles. The molecule has 2 aliphatic rings. The Morgan fingerprint density at radius 2 is 2.00 bits per heavy atom. The minimum Gasteiger partial charge on any atom is -0.444 e. The molecule has 178 valence electrons. The maximum Gasteiger partial charge on any atom is 0.410 e. The van der Waals surface area contributed by atoms with Crippen molar-refractivity contribution in [3.8, 4) is 0 Å². The zero-order chi connectivity index (χ0) is 24.3. The number of nitrogens with zero attached hydrogens (tertiary/aromatic N) is 3. The Hall–Kier alpha value is -2.38. The number of carbonyl (C=O) groups is 2. The number of fused-ring (bicyclic) bond motifs is 1. The summed E-state index contributed by atoms with van der Waals surface area (Å²) in [7, 11) is 0. The minimum absolute atomic E-state index is 0.0201. The highest BCUT2D eigenvalue weighted by atomic mass is 79.9. The van der Waals surface area contributed by atoms with Crippen LogP contribution < -0.4 is 0 Å². The smallest absolute Gasteiger partial charge is 0.410 e. The molecule has 33 heavy (non-hydrogen) atoms. The topological polar surface area (TPSA) is 53.1 Å². The molecule has 1 fully saturated rings. The van der Waals surface area contributed by atoms with Crippen molar-refractivity contribution in [1.82, 2.24) is 14.7 Å². The van der Waals surface area contributed by atoms with E-state index in [1.54, 1.807) is 11.0 Å². The Kier molecular flexibility index (Phi) is 7.85. The van der Waals surface area contributed by atoms with E-state index < -0.39 is 5.60 Å². The van der Waals surface area contributed by atoms with E-state index >= 15 is 0 Å². The second kappa shape index (κ2) is 10.3. The van der Waals surface area contributed by atoms with E-state index in [1.807, 2.05) is 62.9 Å². The first-order valence-electron chi connectivity index (χ1n) is 11.3. The predicted molar refractivity (Wildman–Crippen MR) is 135 cm³/mol. The molecule has 1 aromatic rings. The quantitative estimate of drug-likeness (QED) is 0.499. The third-order valence-electron chi connectivity index (χ3n) is 5.94. The van der Waals surface area contributed by atoms with Crippen LogP contribution >= 0.6 is 15.9 Å². The molecule has 2 amide bonds. The number of hydrogen-bond acceptors (Lipinski definition) is 4. The number of carbonyl (C=O) groups excluding carboxylic acids is 2. The summed E-state index contributed by atoms with van der Waals surface area (Å²) in [5.41, 5.74) is 2.25. The van der Waals surface area contributed by atoms with Gasteiger partial charge in [-0.2, -0.15) is 0 Å². The van der Waals surface area contributed by atoms with Crippen LogP contribution in [-0.2, 0) is 11.3 Å². The minimum atomic E-state index is -0.563. The van der Waals surface area contributed by atoms with E-state index in [2.05, 4.69) is 34.0 Å². The number of hydrogen-bond donors (Lipinski definition) is 0. The summed E-state index contributed by atoms with van der Waals surface area (Å²) in [6.07, 6.45) is 5.22. The van der Waals surface area contributed by atoms with Gasteiger partial charge in [-0.05, 0) is 57.0 Å². The maximum atomic E-state index is 13.1. The number of rotatable bonds is 6. The summed E-state index contributed by atoms with van der Waals surface area (Å²) in [5, 5.41) is 0. The molecule has 0 aromatic heterocycles. The number of amides is 2. The molecule has 0 unspecified atom stereocenters. The summed E-state index contributed by atoms with van der Waals surface area (Å²) < 4.78 is 6.63. The van der Waals surface area contributed by atoms with Crippen LogP contribution in [0, 0.1) is 0 Å². The van der Waals surface area contributed by atoms with Crippen LogP contribution in [0.25, 0.3) is 0 Å². The van der Waals surface area contributed by atoms with Gasteiger partial charge in [-0.1, -0.05) is 47.3 Å². The second-order valence-electron chi connectivity index (χ2n) is 9.73. The third kappa shape index (κ3) is 6.15. The highest BCUT2D eigenvalue weighted by Crippen LogP contribution is 2.28. The van der Waals surface area contributed by atoms with Crippen molar-refractivity contribution < 1.29 is 14.3 Å². The van der Waals surface area contributed by atoms with Crippen molar-refractivity contribution in [2.24, 2.45) is 0 Å². The molecule has 2 heterocycles. The normalized spacial score (nSPS) is 21.7. The number of halogens is 1. The van der Waals surface area contributed by atoms with Gasteiger partial charge in [-0.3, -0.25) is 9.69 Å². The van der Waals surface area contributed by atoms with Gasteiger partial charge in [0.05, 0.1) is 0 Å². The fourth-order valence-electron chi connectivity index (χ4n) is 4.37. The summed E-state index contributed by atoms with van der Waals surface area (Å²) in [5.74, 6) is 0.0328. The summed E-state index contributed by atoms with van der Waals surface area (Å²) >= 11 is 3.50. The molecular formula is C26H34BrN3O3. The van der Waals surface area contributed by atoms with E-state index in [4.69, 9.17) is 4.74 Å². The van der Waals surface area contributed by atoms with E-state index in [0.29, 0.717) is 32.7 Å². The molecule has 0 aliphatic carbocycles. The lowest BCUT2D eigenvalue weighted by Crippen LogP contribution is -2.62. The van der Waals surface area contributed by atoms with Crippen LogP contribution in [0.5, 0.6) is 0 Å². The lowest BCUT2D eigenvalue weighted by atomic mass is 10.0. The van der Waals surface area contributed by atoms with Crippen LogP contribution in [-0.4, -0.2) is 70.6 Å². The van der Waals surface area contributed by atoms with E-state index in [9.17, 15) is 9.59 Å². The Balaban J connectivity index is 1.83. The first kappa shape index (κ1) is 25.2. The van der Waals surface area contributed by atoms with Crippen LogP contribution in [0.4, 0.5) is 4.79 Å². The molecule has 2 atom stereocenters. The first-order chi connectivity index (χ1) is 15.5. The van der Waals surface area contributed by atoms with Crippen LogP contribution in [0.15, 0.2) is 59.6 Å². The fraction of sp³-hybridized carbons (Fsp3) is 0.462. The van der Waals surface area contributed by atoms with Crippen molar-refractivity contribution in [2.75, 3.05) is 26.2 Å². The second-order valence-corrected chi connectivity index (χ2v) is 10.6. The molecule has 2 aliphatic heterocycles. The molecule has 1 aromatic carbocycles. The zero-order valence-corrected chi connectivity index (χ0v) is 21.6. The van der Waals surface area contributed by atoms with Crippen molar-refractivity contribution in [3.05, 3.63) is 70.8 Å². The number of piperazine rings is 1. The highest BCUT2D eigenvalue weighted by molar-refractivity contribution is 9.10. The van der Waals surface area contributed by atoms with Gasteiger partial charge in [0.25, 0.3) is 5.91 Å². The molecule has 6 nitrogen and oxygen atoms in total. The fourth-order valence-corrected chi connectivity index (χ4v) is 4.78. The van der Waals surface area contributed by atoms with Gasteiger partial charge in [-0.25, -0.2) is 4.79 Å². The van der Waals surface area contributed by atoms with Crippen LogP contribution in [0.1, 0.15) is 43.6 Å². The average Bonchev–Trinajstić information content (AvgIpc) is 3.02. The molecule has 0 saturated carbocycles. The largest absolute Gasteiger partial charge is 0.444 e. The van der Waals surface area contributed by atoms with E-state index in [1.165, 1.54) is 0 Å². The van der Waals surface area contributed by atoms with Crippen LogP contribution in [0.2, 0.25) is 0 Å². The Bertz CT molecular complexity index is 966. The lowest BCUT2D eigenvalue weighted by molar-refractivity contribution is -0.0148. The highest BCUT2D eigenvalue weighted by Gasteiger charge is 2.39. The lowest BCUT2D eigenvalue weighted by Gasteiger charge is -2.46. The monoisotopic (exact) mass is 515 g/mol. The number of benzene rings is 1. The SMILES string of the molecule is C=C/C=C(\C=C)CN1C[C@@H](C)N(C(=O)OC(C)(C)C)C[C@@H]1CN1Cc2cc(Br)ccc2C1=O. The van der Waals surface area contributed by atoms with Crippen molar-refractivity contribution in [2.45, 2.75) is 51.9 Å². The summed E-state index contributed by atoms with van der Waals surface area (Å²) in [6.45, 7) is 18.3. The molecule has 3 rings (SSSR count). The molecule has 0 radical (unpaired) electrons. The van der Waals surface area contributed by atoms with Crippen molar-refractivity contribution >= 4 is 27.9 Å². The van der Waals surface area contributed by atoms with Crippen LogP contribution in [0.3, 0.4) is 0 Å². The summed E-state index contributed by atoms with van der Waals surface area (Å²) in [6, 6.07) is 5.72. The van der Waals surface area contributed by atoms with Gasteiger partial charge in [-0.15, -0.1) is 0 Å². The predicted octanol–water partition coefficient (Wildman–Crippen LogP) is 5.01. The number of allylic oxidation sites excluding steroid dienone is 2. The molecule has 0 N–H and O–H groups in total. The molecule has 7 heteroatoms. The van der Waals surface area contributed by atoms with Gasteiger partial charge in [0.1, 0.15) is 5.60 Å². The van der Waals surface area contributed by atoms with Gasteiger partial charge in [0, 0.05) is 54.8 Å². The summed E-state index contributed by atoms with van der Waals surface area (Å²) in [4.78, 5) is 32.0. The van der Waals surface area contributed by atoms with E-state index in [-0.39, 0.29) is 24.1 Å². The zero-order valence-electron chi connectivity index (χ0n) is 20.0. The van der Waals surface area contributed by atoms with Gasteiger partial charge in [0.15, 0.2) is 0 Å². The molecule has 0 spiro atoms. The van der Waals surface area contributed by atoms with Crippen molar-refractivity contribution in [3.63, 3.8) is 0 Å². The maximum absolute atomic E-state index is 13.1. The van der Waals surface area contributed by atoms with Gasteiger partial charge >= 0.3 is 6.09 Å². The standard InChI is InChI=1S/C26H34BrN3O3/c1-7-9-19(8-2)14-28-13-18(3)30(25(32)33-26(4,5)6)17-22(28)16-29-15-20-12-21(27)10-11-23(20)24(29)31/h7-12,18,22H,1-2,13-17H2,3-6H3/b19-9+/t18-,22+/m1/s1. The third-order valence-corrected chi connectivity index (χ3v) is 6.43. The number of ether oxygens (including phenoxy) is 1. The van der Waals surface area contributed by atoms with E-state index in [0.717, 1.165) is 21.2 Å². The average molecular weight is 516 g/mol.